The molecule has 7 nitrogen and oxygen atoms in total. The maximum atomic E-state index is 13.9. The second-order valence-corrected chi connectivity index (χ2v) is 11.6. The van der Waals surface area contributed by atoms with E-state index in [0.717, 1.165) is 21.9 Å². The van der Waals surface area contributed by atoms with Crippen LogP contribution in [0, 0.1) is 0 Å². The summed E-state index contributed by atoms with van der Waals surface area (Å²) in [6, 6.07) is 26.5. The van der Waals surface area contributed by atoms with Crippen LogP contribution in [-0.4, -0.2) is 24.3 Å². The standard InChI is InChI=1S/C35H29ClN2O5S/c1-4-42-34(40)30-21(2)37-35-38(31(30)24-12-6-5-7-13-24)33(39)29(44-35)19-22-17-27(36)32(28(18-22)41-3)43-20-25-15-10-14-23-11-8-9-16-26(23)25/h5-19,31H,4,20H2,1-3H3/b29-19+/t31-/m0/s1. The average Bonchev–Trinajstić information content (AvgIpc) is 3.33. The zero-order chi connectivity index (χ0) is 30.8. The van der Waals surface area contributed by atoms with Crippen molar-refractivity contribution in [2.24, 2.45) is 4.99 Å². The molecule has 44 heavy (non-hydrogen) atoms. The van der Waals surface area contributed by atoms with Gasteiger partial charge >= 0.3 is 5.97 Å². The van der Waals surface area contributed by atoms with Crippen LogP contribution in [0.4, 0.5) is 0 Å². The normalized spacial score (nSPS) is 14.7. The largest absolute Gasteiger partial charge is 0.493 e. The molecule has 0 amide bonds. The molecule has 1 aliphatic heterocycles. The molecule has 0 N–H and O–H groups in total. The summed E-state index contributed by atoms with van der Waals surface area (Å²) < 4.78 is 19.2. The predicted octanol–water partition coefficient (Wildman–Crippen LogP) is 6.19. The predicted molar refractivity (Wildman–Crippen MR) is 173 cm³/mol. The van der Waals surface area contributed by atoms with Crippen molar-refractivity contribution in [3.63, 3.8) is 0 Å². The number of benzene rings is 4. The molecule has 2 heterocycles. The molecular formula is C35H29ClN2O5S. The average molecular weight is 625 g/mol. The Hall–Kier alpha value is -4.66. The van der Waals surface area contributed by atoms with E-state index in [0.29, 0.717) is 49.3 Å². The third-order valence-electron chi connectivity index (χ3n) is 7.43. The fourth-order valence-electron chi connectivity index (χ4n) is 5.43. The van der Waals surface area contributed by atoms with Crippen molar-refractivity contribution in [1.82, 2.24) is 4.57 Å². The summed E-state index contributed by atoms with van der Waals surface area (Å²) in [6.07, 6.45) is 1.75. The van der Waals surface area contributed by atoms with Crippen molar-refractivity contribution in [2.75, 3.05) is 13.7 Å². The van der Waals surface area contributed by atoms with Gasteiger partial charge in [-0.3, -0.25) is 9.36 Å². The monoisotopic (exact) mass is 624 g/mol. The van der Waals surface area contributed by atoms with Gasteiger partial charge < -0.3 is 14.2 Å². The molecule has 0 spiro atoms. The van der Waals surface area contributed by atoms with Gasteiger partial charge in [0.15, 0.2) is 16.3 Å². The first-order valence-corrected chi connectivity index (χ1v) is 15.3. The van der Waals surface area contributed by atoms with E-state index in [1.54, 1.807) is 43.7 Å². The number of hydrogen-bond acceptors (Lipinski definition) is 7. The first-order valence-electron chi connectivity index (χ1n) is 14.1. The lowest BCUT2D eigenvalue weighted by Gasteiger charge is -2.24. The van der Waals surface area contributed by atoms with Crippen LogP contribution in [0.15, 0.2) is 106 Å². The van der Waals surface area contributed by atoms with Gasteiger partial charge in [-0.1, -0.05) is 95.7 Å². The van der Waals surface area contributed by atoms with Crippen molar-refractivity contribution >= 4 is 45.8 Å². The fraction of sp³-hybridized carbons (Fsp3) is 0.171. The van der Waals surface area contributed by atoms with Crippen LogP contribution in [-0.2, 0) is 16.1 Å². The van der Waals surface area contributed by atoms with E-state index in [1.807, 2.05) is 54.6 Å². The summed E-state index contributed by atoms with van der Waals surface area (Å²) in [5, 5.41) is 2.58. The third-order valence-corrected chi connectivity index (χ3v) is 8.70. The minimum absolute atomic E-state index is 0.214. The molecule has 4 aromatic carbocycles. The summed E-state index contributed by atoms with van der Waals surface area (Å²) in [4.78, 5) is 32.1. The smallest absolute Gasteiger partial charge is 0.338 e. The molecule has 0 fully saturated rings. The van der Waals surface area contributed by atoms with Crippen LogP contribution < -0.4 is 24.4 Å². The Morgan fingerprint density at radius 3 is 2.57 bits per heavy atom. The number of ether oxygens (including phenoxy) is 3. The molecule has 222 valence electrons. The van der Waals surface area contributed by atoms with Gasteiger partial charge in [0.25, 0.3) is 5.56 Å². The van der Waals surface area contributed by atoms with Crippen LogP contribution >= 0.6 is 22.9 Å². The zero-order valence-electron chi connectivity index (χ0n) is 24.4. The molecule has 1 aliphatic rings. The van der Waals surface area contributed by atoms with Crippen LogP contribution in [0.25, 0.3) is 16.8 Å². The van der Waals surface area contributed by atoms with E-state index < -0.39 is 12.0 Å². The molecule has 0 saturated carbocycles. The van der Waals surface area contributed by atoms with Gasteiger partial charge in [-0.05, 0) is 59.5 Å². The van der Waals surface area contributed by atoms with E-state index in [2.05, 4.69) is 23.2 Å². The number of esters is 1. The molecule has 1 atom stereocenters. The number of thiazole rings is 1. The van der Waals surface area contributed by atoms with Gasteiger partial charge in [0.1, 0.15) is 6.61 Å². The summed E-state index contributed by atoms with van der Waals surface area (Å²) in [5.41, 5.74) is 3.05. The molecule has 0 unspecified atom stereocenters. The molecule has 9 heteroatoms. The lowest BCUT2D eigenvalue weighted by Crippen LogP contribution is -2.39. The second-order valence-electron chi connectivity index (χ2n) is 10.2. The van der Waals surface area contributed by atoms with Gasteiger partial charge in [-0.25, -0.2) is 9.79 Å². The molecule has 1 aromatic heterocycles. The lowest BCUT2D eigenvalue weighted by molar-refractivity contribution is -0.139. The number of allylic oxidation sites excluding steroid dienone is 1. The molecule has 0 aliphatic carbocycles. The van der Waals surface area contributed by atoms with Gasteiger partial charge in [-0.15, -0.1) is 0 Å². The third kappa shape index (κ3) is 5.54. The van der Waals surface area contributed by atoms with Gasteiger partial charge in [-0.2, -0.15) is 0 Å². The Balaban J connectivity index is 1.39. The summed E-state index contributed by atoms with van der Waals surface area (Å²) in [5.74, 6) is 0.367. The highest BCUT2D eigenvalue weighted by molar-refractivity contribution is 7.07. The van der Waals surface area contributed by atoms with E-state index in [9.17, 15) is 9.59 Å². The Kier molecular flexibility index (Phi) is 8.37. The second kappa shape index (κ2) is 12.5. The van der Waals surface area contributed by atoms with Crippen molar-refractivity contribution in [3.05, 3.63) is 138 Å². The highest BCUT2D eigenvalue weighted by atomic mass is 35.5. The van der Waals surface area contributed by atoms with E-state index in [1.165, 1.54) is 11.3 Å². The van der Waals surface area contributed by atoms with Gasteiger partial charge in [0.05, 0.1) is 40.6 Å². The number of rotatable bonds is 8. The topological polar surface area (TPSA) is 79.1 Å². The molecule has 0 saturated heterocycles. The maximum absolute atomic E-state index is 13.9. The Morgan fingerprint density at radius 2 is 1.80 bits per heavy atom. The van der Waals surface area contributed by atoms with Crippen LogP contribution in [0.3, 0.4) is 0 Å². The van der Waals surface area contributed by atoms with E-state index in [4.69, 9.17) is 25.8 Å². The SMILES string of the molecule is CCOC(=O)C1=C(C)N=c2s/c(=C/c3cc(Cl)c(OCc4cccc5ccccc45)c(OC)c3)c(=O)n2[C@H]1c1ccccc1. The minimum atomic E-state index is -0.670. The number of aromatic nitrogens is 1. The Labute approximate surface area is 262 Å². The number of halogens is 1. The van der Waals surface area contributed by atoms with E-state index >= 15 is 0 Å². The Bertz CT molecular complexity index is 2090. The molecule has 6 rings (SSSR count). The molecule has 5 aromatic rings. The van der Waals surface area contributed by atoms with Crippen molar-refractivity contribution < 1.29 is 19.0 Å². The van der Waals surface area contributed by atoms with Crippen molar-refractivity contribution in [3.8, 4) is 11.5 Å². The number of hydrogen-bond donors (Lipinski definition) is 0. The van der Waals surface area contributed by atoms with Crippen molar-refractivity contribution in [2.45, 2.75) is 26.5 Å². The number of methoxy groups -OCH3 is 1. The number of carbonyl (C=O) groups is 1. The van der Waals surface area contributed by atoms with Gasteiger partial charge in [0, 0.05) is 0 Å². The highest BCUT2D eigenvalue weighted by Crippen LogP contribution is 2.38. The van der Waals surface area contributed by atoms with Gasteiger partial charge in [0.2, 0.25) is 0 Å². The van der Waals surface area contributed by atoms with Crippen LogP contribution in [0.5, 0.6) is 11.5 Å². The molecule has 0 bridgehead atoms. The molecule has 0 radical (unpaired) electrons. The maximum Gasteiger partial charge on any atom is 0.338 e. The summed E-state index contributed by atoms with van der Waals surface area (Å²) >= 11 is 7.97. The first-order chi connectivity index (χ1) is 21.4. The molecular weight excluding hydrogens is 596 g/mol. The number of fused-ring (bicyclic) bond motifs is 2. The first kappa shape index (κ1) is 29.4. The number of nitrogens with zero attached hydrogens (tertiary/aromatic N) is 2. The summed E-state index contributed by atoms with van der Waals surface area (Å²) in [7, 11) is 1.55. The van der Waals surface area contributed by atoms with Crippen LogP contribution in [0.2, 0.25) is 5.02 Å². The summed E-state index contributed by atoms with van der Waals surface area (Å²) in [6.45, 7) is 4.03. The Morgan fingerprint density at radius 1 is 1.05 bits per heavy atom. The quantitative estimate of drug-likeness (QED) is 0.192. The van der Waals surface area contributed by atoms with E-state index in [-0.39, 0.29) is 12.2 Å². The fourth-order valence-corrected chi connectivity index (χ4v) is 6.75. The lowest BCUT2D eigenvalue weighted by atomic mass is 9.96. The minimum Gasteiger partial charge on any atom is -0.493 e. The highest BCUT2D eigenvalue weighted by Gasteiger charge is 2.33. The van der Waals surface area contributed by atoms with Crippen molar-refractivity contribution in [1.29, 1.82) is 0 Å². The van der Waals surface area contributed by atoms with Crippen LogP contribution in [0.1, 0.15) is 36.6 Å². The number of carbonyl (C=O) groups excluding carboxylic acids is 1. The zero-order valence-corrected chi connectivity index (χ0v) is 25.9.